The summed E-state index contributed by atoms with van der Waals surface area (Å²) in [4.78, 5) is 29.1. The smallest absolute Gasteiger partial charge is 0.425 e. The van der Waals surface area contributed by atoms with Crippen molar-refractivity contribution in [1.82, 2.24) is 19.8 Å². The molecule has 12 heteroatoms. The lowest BCUT2D eigenvalue weighted by Gasteiger charge is -2.36. The Bertz CT molecular complexity index is 1780. The van der Waals surface area contributed by atoms with Gasteiger partial charge in [-0.25, -0.2) is 19.1 Å². The van der Waals surface area contributed by atoms with Crippen molar-refractivity contribution in [2.24, 2.45) is 0 Å². The first-order chi connectivity index (χ1) is 24.2. The van der Waals surface area contributed by atoms with Crippen LogP contribution in [0.3, 0.4) is 0 Å². The molecule has 1 N–H and O–H groups in total. The van der Waals surface area contributed by atoms with Crippen molar-refractivity contribution in [3.8, 4) is 23.0 Å². The number of nitrogens with zero attached hydrogens (tertiary/aromatic N) is 5. The standard InChI is InChI=1S/C38H45FN6O5/c1-7-9-28-11-8-10-27(4)36(28)50-38(46)45(32-14-13-30(47-5)25-34(32)48-6)35-16-17-40-37(42-35)41-29-12-15-33(31(39)24-29)49-23-22-43-18-20-44(21-19-43)26(2)3/h7-8,10-17,24-26H,1,9,18-23H2,2-6H3,(H,40,41,42). The molecule has 0 saturated carbocycles. The fourth-order valence-electron chi connectivity index (χ4n) is 5.74. The average molecular weight is 685 g/mol. The van der Waals surface area contributed by atoms with Gasteiger partial charge in [0, 0.05) is 68.8 Å². The number of hydrogen-bond donors (Lipinski definition) is 1. The first-order valence-corrected chi connectivity index (χ1v) is 16.6. The number of benzene rings is 3. The predicted molar refractivity (Wildman–Crippen MR) is 193 cm³/mol. The zero-order valence-corrected chi connectivity index (χ0v) is 29.3. The summed E-state index contributed by atoms with van der Waals surface area (Å²) in [5.41, 5.74) is 2.35. The minimum absolute atomic E-state index is 0.129. The van der Waals surface area contributed by atoms with Crippen LogP contribution in [0.15, 0.2) is 79.5 Å². The first-order valence-electron chi connectivity index (χ1n) is 16.6. The van der Waals surface area contributed by atoms with E-state index in [0.717, 1.165) is 43.9 Å². The number of carbonyl (C=O) groups excluding carboxylic acids is 1. The van der Waals surface area contributed by atoms with Crippen LogP contribution in [0.1, 0.15) is 25.0 Å². The van der Waals surface area contributed by atoms with Crippen LogP contribution in [0.2, 0.25) is 0 Å². The van der Waals surface area contributed by atoms with Crippen molar-refractivity contribution in [3.05, 3.63) is 96.5 Å². The molecule has 1 fully saturated rings. The Kier molecular flexibility index (Phi) is 12.2. The first kappa shape index (κ1) is 36.1. The van der Waals surface area contributed by atoms with Gasteiger partial charge in [-0.15, -0.1) is 6.58 Å². The molecule has 1 saturated heterocycles. The molecule has 0 radical (unpaired) electrons. The zero-order valence-electron chi connectivity index (χ0n) is 29.3. The van der Waals surface area contributed by atoms with E-state index >= 15 is 4.39 Å². The lowest BCUT2D eigenvalue weighted by atomic mass is 10.1. The number of halogens is 1. The SMILES string of the molecule is C=CCc1cccc(C)c1OC(=O)N(c1ccnc(Nc2ccc(OCCN3CCN(C(C)C)CC3)c(F)c2)n1)c1ccc(OC)cc1OC. The Morgan fingerprint density at radius 2 is 1.84 bits per heavy atom. The van der Waals surface area contributed by atoms with Crippen molar-refractivity contribution in [3.63, 3.8) is 0 Å². The van der Waals surface area contributed by atoms with E-state index in [-0.39, 0.29) is 17.5 Å². The molecule has 1 aromatic heterocycles. The maximum absolute atomic E-state index is 15.1. The molecule has 1 aliphatic heterocycles. The Morgan fingerprint density at radius 1 is 1.04 bits per heavy atom. The molecular formula is C38H45FN6O5. The van der Waals surface area contributed by atoms with Gasteiger partial charge in [0.05, 0.1) is 19.9 Å². The lowest BCUT2D eigenvalue weighted by molar-refractivity contribution is 0.0965. The number of aromatic nitrogens is 2. The molecule has 3 aromatic carbocycles. The highest BCUT2D eigenvalue weighted by Crippen LogP contribution is 2.37. The van der Waals surface area contributed by atoms with Crippen LogP contribution in [0, 0.1) is 12.7 Å². The molecule has 4 aromatic rings. The Labute approximate surface area is 293 Å². The van der Waals surface area contributed by atoms with Crippen LogP contribution in [0.25, 0.3) is 0 Å². The van der Waals surface area contributed by atoms with Gasteiger partial charge < -0.3 is 24.3 Å². The predicted octanol–water partition coefficient (Wildman–Crippen LogP) is 7.16. The van der Waals surface area contributed by atoms with Crippen molar-refractivity contribution in [1.29, 1.82) is 0 Å². The van der Waals surface area contributed by atoms with Crippen LogP contribution in [0.4, 0.5) is 32.3 Å². The molecule has 50 heavy (non-hydrogen) atoms. The molecule has 0 spiro atoms. The number of carbonyl (C=O) groups is 1. The van der Waals surface area contributed by atoms with E-state index < -0.39 is 11.9 Å². The molecule has 0 bridgehead atoms. The zero-order chi connectivity index (χ0) is 35.6. The Balaban J connectivity index is 1.34. The number of methoxy groups -OCH3 is 2. The number of ether oxygens (including phenoxy) is 4. The highest BCUT2D eigenvalue weighted by atomic mass is 19.1. The summed E-state index contributed by atoms with van der Waals surface area (Å²) in [6, 6.07) is 17.4. The molecular weight excluding hydrogens is 639 g/mol. The van der Waals surface area contributed by atoms with Crippen LogP contribution < -0.4 is 29.2 Å². The van der Waals surface area contributed by atoms with Gasteiger partial charge >= 0.3 is 6.09 Å². The van der Waals surface area contributed by atoms with Crippen LogP contribution in [-0.4, -0.2) is 85.5 Å². The van der Waals surface area contributed by atoms with E-state index in [9.17, 15) is 4.79 Å². The summed E-state index contributed by atoms with van der Waals surface area (Å²) in [6.45, 7) is 15.2. The third-order valence-electron chi connectivity index (χ3n) is 8.52. The number of rotatable bonds is 14. The molecule has 0 aliphatic carbocycles. The second-order valence-corrected chi connectivity index (χ2v) is 12.1. The fourth-order valence-corrected chi connectivity index (χ4v) is 5.74. The normalized spacial score (nSPS) is 13.5. The van der Waals surface area contributed by atoms with Crippen LogP contribution >= 0.6 is 0 Å². The van der Waals surface area contributed by atoms with Gasteiger partial charge in [-0.3, -0.25) is 9.80 Å². The van der Waals surface area contributed by atoms with Gasteiger partial charge in [-0.05, 0) is 62.6 Å². The summed E-state index contributed by atoms with van der Waals surface area (Å²) in [5.74, 6) is 1.27. The molecule has 5 rings (SSSR count). The molecule has 0 atom stereocenters. The van der Waals surface area contributed by atoms with E-state index in [1.165, 1.54) is 24.3 Å². The topological polar surface area (TPSA) is 102 Å². The van der Waals surface area contributed by atoms with Gasteiger partial charge in [0.15, 0.2) is 11.6 Å². The molecule has 1 amide bonds. The van der Waals surface area contributed by atoms with Crippen molar-refractivity contribution >= 4 is 29.2 Å². The van der Waals surface area contributed by atoms with Crippen molar-refractivity contribution < 1.29 is 28.1 Å². The van der Waals surface area contributed by atoms with E-state index in [1.807, 2.05) is 25.1 Å². The van der Waals surface area contributed by atoms with E-state index in [1.54, 1.807) is 49.6 Å². The van der Waals surface area contributed by atoms with E-state index in [4.69, 9.17) is 18.9 Å². The number of nitrogens with one attached hydrogen (secondary N) is 1. The maximum Gasteiger partial charge on any atom is 0.425 e. The second kappa shape index (κ2) is 17.0. The van der Waals surface area contributed by atoms with Gasteiger partial charge in [-0.1, -0.05) is 24.3 Å². The third kappa shape index (κ3) is 8.87. The molecule has 1 aliphatic rings. The van der Waals surface area contributed by atoms with E-state index in [2.05, 4.69) is 45.5 Å². The minimum Gasteiger partial charge on any atom is -0.497 e. The largest absolute Gasteiger partial charge is 0.497 e. The summed E-state index contributed by atoms with van der Waals surface area (Å²) >= 11 is 0. The second-order valence-electron chi connectivity index (χ2n) is 12.1. The number of piperazine rings is 1. The van der Waals surface area contributed by atoms with Gasteiger partial charge in [0.1, 0.15) is 29.7 Å². The number of hydrogen-bond acceptors (Lipinski definition) is 10. The average Bonchev–Trinajstić information content (AvgIpc) is 3.11. The summed E-state index contributed by atoms with van der Waals surface area (Å²) in [7, 11) is 3.04. The number of para-hydroxylation sites is 1. The van der Waals surface area contributed by atoms with Gasteiger partial charge in [0.25, 0.3) is 0 Å². The van der Waals surface area contributed by atoms with E-state index in [0.29, 0.717) is 47.7 Å². The van der Waals surface area contributed by atoms with Gasteiger partial charge in [0.2, 0.25) is 5.95 Å². The molecule has 264 valence electrons. The third-order valence-corrected chi connectivity index (χ3v) is 8.52. The highest BCUT2D eigenvalue weighted by Gasteiger charge is 2.27. The summed E-state index contributed by atoms with van der Waals surface area (Å²) in [6.07, 6.45) is 3.02. The van der Waals surface area contributed by atoms with Crippen LogP contribution in [-0.2, 0) is 6.42 Å². The number of anilines is 4. The highest BCUT2D eigenvalue weighted by molar-refractivity contribution is 5.98. The maximum atomic E-state index is 15.1. The van der Waals surface area contributed by atoms with Gasteiger partial charge in [-0.2, -0.15) is 4.98 Å². The number of allylic oxidation sites excluding steroid dienone is 1. The summed E-state index contributed by atoms with van der Waals surface area (Å²) in [5, 5.41) is 3.04. The Hall–Kier alpha value is -5.20. The molecule has 0 unspecified atom stereocenters. The lowest BCUT2D eigenvalue weighted by Crippen LogP contribution is -2.49. The van der Waals surface area contributed by atoms with Crippen molar-refractivity contribution in [2.45, 2.75) is 33.2 Å². The summed E-state index contributed by atoms with van der Waals surface area (Å²) < 4.78 is 38.0. The van der Waals surface area contributed by atoms with Crippen molar-refractivity contribution in [2.75, 3.05) is 63.8 Å². The quantitative estimate of drug-likeness (QED) is 0.138. The monoisotopic (exact) mass is 684 g/mol. The fraction of sp³-hybridized carbons (Fsp3) is 0.342. The Morgan fingerprint density at radius 3 is 2.54 bits per heavy atom. The molecule has 11 nitrogen and oxygen atoms in total. The number of aryl methyl sites for hydroxylation is 1. The van der Waals surface area contributed by atoms with Crippen LogP contribution in [0.5, 0.6) is 23.0 Å². The number of amides is 1. The molecule has 2 heterocycles. The minimum atomic E-state index is -0.730.